The number of hydrogen-bond acceptors (Lipinski definition) is 4. The van der Waals surface area contributed by atoms with Crippen LogP contribution in [0.2, 0.25) is 0 Å². The lowest BCUT2D eigenvalue weighted by Crippen LogP contribution is -2.48. The van der Waals surface area contributed by atoms with Crippen LogP contribution in [0.25, 0.3) is 0 Å². The second-order valence-corrected chi connectivity index (χ2v) is 8.23. The molecule has 2 heterocycles. The third-order valence-electron chi connectivity index (χ3n) is 5.51. The summed E-state index contributed by atoms with van der Waals surface area (Å²) >= 11 is 1.92. The third kappa shape index (κ3) is 3.35. The summed E-state index contributed by atoms with van der Waals surface area (Å²) in [6.07, 6.45) is 4.32. The molecule has 0 radical (unpaired) electrons. The zero-order valence-electron chi connectivity index (χ0n) is 15.2. The first kappa shape index (κ1) is 17.8. The van der Waals surface area contributed by atoms with E-state index in [9.17, 15) is 4.79 Å². The number of para-hydroxylation sites is 1. The van der Waals surface area contributed by atoms with E-state index in [2.05, 4.69) is 55.3 Å². The van der Waals surface area contributed by atoms with Crippen molar-refractivity contribution in [1.82, 2.24) is 9.80 Å². The fourth-order valence-electron chi connectivity index (χ4n) is 3.97. The summed E-state index contributed by atoms with van der Waals surface area (Å²) in [4.78, 5) is 19.9. The predicted molar refractivity (Wildman–Crippen MR) is 103 cm³/mol. The van der Waals surface area contributed by atoms with Gasteiger partial charge in [0.15, 0.2) is 0 Å². The number of benzene rings is 1. The van der Waals surface area contributed by atoms with Crippen LogP contribution in [0, 0.1) is 0 Å². The van der Waals surface area contributed by atoms with E-state index < -0.39 is 0 Å². The Hall–Kier alpha value is -1.04. The van der Waals surface area contributed by atoms with E-state index in [4.69, 9.17) is 0 Å². The number of fused-ring (bicyclic) bond motifs is 1. The summed E-state index contributed by atoms with van der Waals surface area (Å²) < 4.78 is 0. The van der Waals surface area contributed by atoms with Crippen molar-refractivity contribution in [1.29, 1.82) is 0 Å². The van der Waals surface area contributed by atoms with Crippen LogP contribution in [0.1, 0.15) is 18.9 Å². The standard InChI is InChI=1S/C19H29N3OS/c1-14(21-12-17(20(2)3)18(13-21)24-4)19(23)22-11-7-9-15-8-5-6-10-16(15)22/h5-6,8,10,14,17-18H,7,9,11-13H2,1-4H3/t14-,17+,18+/m0/s1. The maximum atomic E-state index is 13.2. The SMILES string of the molecule is CS[C@@H]1CN([C@@H](C)C(=O)N2CCCc3ccccc32)C[C@H]1N(C)C. The van der Waals surface area contributed by atoms with Crippen LogP contribution in [0.3, 0.4) is 0 Å². The molecule has 1 aromatic carbocycles. The van der Waals surface area contributed by atoms with Crippen molar-refractivity contribution in [3.8, 4) is 0 Å². The molecule has 3 rings (SSSR count). The minimum Gasteiger partial charge on any atom is -0.311 e. The number of likely N-dealkylation sites (N-methyl/N-ethyl adjacent to an activating group) is 1. The Balaban J connectivity index is 1.74. The Labute approximate surface area is 150 Å². The molecule has 0 unspecified atom stereocenters. The van der Waals surface area contributed by atoms with Gasteiger partial charge in [-0.05, 0) is 51.7 Å². The molecular weight excluding hydrogens is 318 g/mol. The smallest absolute Gasteiger partial charge is 0.244 e. The van der Waals surface area contributed by atoms with Gasteiger partial charge in [0.05, 0.1) is 6.04 Å². The molecule has 0 saturated carbocycles. The fraction of sp³-hybridized carbons (Fsp3) is 0.632. The highest BCUT2D eigenvalue weighted by Gasteiger charge is 2.39. The van der Waals surface area contributed by atoms with E-state index in [0.29, 0.717) is 11.3 Å². The first-order valence-electron chi connectivity index (χ1n) is 8.85. The third-order valence-corrected chi connectivity index (χ3v) is 6.58. The lowest BCUT2D eigenvalue weighted by atomic mass is 10.0. The van der Waals surface area contributed by atoms with E-state index in [1.807, 2.05) is 22.7 Å². The molecule has 3 atom stereocenters. The van der Waals surface area contributed by atoms with E-state index in [0.717, 1.165) is 38.2 Å². The van der Waals surface area contributed by atoms with Crippen molar-refractivity contribution in [3.05, 3.63) is 29.8 Å². The Kier molecular flexibility index (Phi) is 5.52. The number of nitrogens with zero attached hydrogens (tertiary/aromatic N) is 3. The quantitative estimate of drug-likeness (QED) is 0.835. The molecule has 2 aliphatic rings. The summed E-state index contributed by atoms with van der Waals surface area (Å²) in [5, 5.41) is 0.573. The molecule has 1 amide bonds. The molecule has 24 heavy (non-hydrogen) atoms. The zero-order chi connectivity index (χ0) is 17.3. The molecule has 5 heteroatoms. The number of amides is 1. The van der Waals surface area contributed by atoms with Crippen LogP contribution in [-0.4, -0.2) is 73.0 Å². The van der Waals surface area contributed by atoms with Crippen molar-refractivity contribution in [2.75, 3.05) is 44.9 Å². The molecule has 1 fully saturated rings. The van der Waals surface area contributed by atoms with Gasteiger partial charge in [0.2, 0.25) is 5.91 Å². The van der Waals surface area contributed by atoms with Gasteiger partial charge >= 0.3 is 0 Å². The van der Waals surface area contributed by atoms with Crippen molar-refractivity contribution >= 4 is 23.4 Å². The van der Waals surface area contributed by atoms with Crippen molar-refractivity contribution in [2.24, 2.45) is 0 Å². The van der Waals surface area contributed by atoms with Crippen LogP contribution in [0.15, 0.2) is 24.3 Å². The number of likely N-dealkylation sites (tertiary alicyclic amines) is 1. The van der Waals surface area contributed by atoms with Gasteiger partial charge in [-0.25, -0.2) is 0 Å². The summed E-state index contributed by atoms with van der Waals surface area (Å²) in [5.41, 5.74) is 2.42. The molecule has 4 nitrogen and oxygen atoms in total. The number of anilines is 1. The Morgan fingerprint density at radius 2 is 2.04 bits per heavy atom. The summed E-state index contributed by atoms with van der Waals surface area (Å²) in [6.45, 7) is 4.89. The summed E-state index contributed by atoms with van der Waals surface area (Å²) in [5.74, 6) is 0.251. The number of hydrogen-bond donors (Lipinski definition) is 0. The van der Waals surface area contributed by atoms with Gasteiger partial charge in [0.1, 0.15) is 0 Å². The van der Waals surface area contributed by atoms with E-state index in [1.54, 1.807) is 0 Å². The second kappa shape index (κ2) is 7.46. The zero-order valence-corrected chi connectivity index (χ0v) is 16.1. The van der Waals surface area contributed by atoms with Gasteiger partial charge in [0, 0.05) is 36.6 Å². The maximum absolute atomic E-state index is 13.2. The highest BCUT2D eigenvalue weighted by atomic mass is 32.2. The monoisotopic (exact) mass is 347 g/mol. The van der Waals surface area contributed by atoms with Gasteiger partial charge < -0.3 is 9.80 Å². The largest absolute Gasteiger partial charge is 0.311 e. The summed E-state index contributed by atoms with van der Waals surface area (Å²) in [6, 6.07) is 8.81. The van der Waals surface area contributed by atoms with Crippen molar-refractivity contribution in [2.45, 2.75) is 37.1 Å². The highest BCUT2D eigenvalue weighted by Crippen LogP contribution is 2.30. The predicted octanol–water partition coefficient (Wildman–Crippen LogP) is 2.33. The molecular formula is C19H29N3OS. The normalized spacial score (nSPS) is 25.8. The average Bonchev–Trinajstić information content (AvgIpc) is 3.04. The first-order chi connectivity index (χ1) is 11.5. The van der Waals surface area contributed by atoms with E-state index in [-0.39, 0.29) is 11.9 Å². The number of thioether (sulfide) groups is 1. The first-order valence-corrected chi connectivity index (χ1v) is 10.1. The van der Waals surface area contributed by atoms with Crippen LogP contribution < -0.4 is 4.90 Å². The topological polar surface area (TPSA) is 26.8 Å². The highest BCUT2D eigenvalue weighted by molar-refractivity contribution is 7.99. The fourth-order valence-corrected chi connectivity index (χ4v) is 4.96. The van der Waals surface area contributed by atoms with Crippen LogP contribution in [0.4, 0.5) is 5.69 Å². The lowest BCUT2D eigenvalue weighted by Gasteiger charge is -2.34. The van der Waals surface area contributed by atoms with Gasteiger partial charge in [-0.3, -0.25) is 9.69 Å². The number of carbonyl (C=O) groups excluding carboxylic acids is 1. The molecule has 0 aliphatic carbocycles. The van der Waals surface area contributed by atoms with Gasteiger partial charge in [0.25, 0.3) is 0 Å². The minimum absolute atomic E-state index is 0.0595. The van der Waals surface area contributed by atoms with Gasteiger partial charge in [-0.2, -0.15) is 11.8 Å². The number of aryl methyl sites for hydroxylation is 1. The lowest BCUT2D eigenvalue weighted by molar-refractivity contribution is -0.123. The summed E-state index contributed by atoms with van der Waals surface area (Å²) in [7, 11) is 4.29. The molecule has 1 saturated heterocycles. The Morgan fingerprint density at radius 1 is 1.29 bits per heavy atom. The molecule has 0 spiro atoms. The molecule has 0 aromatic heterocycles. The van der Waals surface area contributed by atoms with Crippen molar-refractivity contribution in [3.63, 3.8) is 0 Å². The molecule has 1 aromatic rings. The van der Waals surface area contributed by atoms with Gasteiger partial charge in [-0.15, -0.1) is 0 Å². The van der Waals surface area contributed by atoms with Crippen LogP contribution >= 0.6 is 11.8 Å². The average molecular weight is 348 g/mol. The van der Waals surface area contributed by atoms with Gasteiger partial charge in [-0.1, -0.05) is 18.2 Å². The second-order valence-electron chi connectivity index (χ2n) is 7.16. The minimum atomic E-state index is -0.0595. The van der Waals surface area contributed by atoms with Crippen LogP contribution in [-0.2, 0) is 11.2 Å². The van der Waals surface area contributed by atoms with E-state index >= 15 is 0 Å². The maximum Gasteiger partial charge on any atom is 0.244 e. The number of carbonyl (C=O) groups is 1. The molecule has 2 aliphatic heterocycles. The van der Waals surface area contributed by atoms with E-state index in [1.165, 1.54) is 5.56 Å². The Morgan fingerprint density at radius 3 is 2.71 bits per heavy atom. The van der Waals surface area contributed by atoms with Crippen LogP contribution in [0.5, 0.6) is 0 Å². The molecule has 0 N–H and O–H groups in total. The molecule has 0 bridgehead atoms. The number of rotatable bonds is 4. The molecule has 132 valence electrons. The van der Waals surface area contributed by atoms with Crippen molar-refractivity contribution < 1.29 is 4.79 Å². The Bertz CT molecular complexity index is 592.